The van der Waals surface area contributed by atoms with Crippen molar-refractivity contribution in [2.45, 2.75) is 0 Å². The third kappa shape index (κ3) is 5.72. The zero-order valence-corrected chi connectivity index (χ0v) is 33.4. The van der Waals surface area contributed by atoms with E-state index >= 15 is 4.57 Å². The van der Waals surface area contributed by atoms with E-state index in [2.05, 4.69) is 155 Å². The Morgan fingerprint density at radius 2 is 0.650 bits per heavy atom. The number of rotatable bonds is 9. The number of nitrogens with zero attached hydrogens (tertiary/aromatic N) is 5. The minimum atomic E-state index is -3.94. The Labute approximate surface area is 347 Å². The summed E-state index contributed by atoms with van der Waals surface area (Å²) < 4.78 is 25.7. The number of benzene rings is 8. The minimum Gasteiger partial charge on any atom is -0.309 e. The van der Waals surface area contributed by atoms with Crippen molar-refractivity contribution in [3.05, 3.63) is 231 Å². The van der Waals surface area contributed by atoms with Crippen molar-refractivity contribution in [1.82, 2.24) is 14.1 Å². The van der Waals surface area contributed by atoms with E-state index in [1.165, 1.54) is 21.5 Å². The Balaban J connectivity index is 1.11. The molecule has 0 N–H and O–H groups in total. The number of fused-ring (bicyclic) bond motifs is 6. The lowest BCUT2D eigenvalue weighted by molar-refractivity contribution is 0.580. The normalized spacial score (nSPS) is 11.7. The number of hydrogen-bond acceptors (Lipinski definition) is 2. The van der Waals surface area contributed by atoms with Crippen molar-refractivity contribution >= 4 is 79.2 Å². The second-order valence-electron chi connectivity index (χ2n) is 14.8. The molecule has 8 aromatic carbocycles. The number of para-hydroxylation sites is 6. The fourth-order valence-electron chi connectivity index (χ4n) is 8.77. The zero-order chi connectivity index (χ0) is 40.0. The van der Waals surface area contributed by atoms with Gasteiger partial charge in [-0.1, -0.05) is 115 Å². The Morgan fingerprint density at radius 1 is 0.333 bits per heavy atom. The molecule has 0 amide bonds. The molecule has 0 atom stereocenters. The van der Waals surface area contributed by atoms with Gasteiger partial charge in [-0.15, -0.1) is 0 Å². The molecule has 0 bridgehead atoms. The van der Waals surface area contributed by atoms with E-state index < -0.39 is 7.44 Å². The van der Waals surface area contributed by atoms with Crippen LogP contribution in [0.25, 0.3) is 55.0 Å². The molecule has 0 unspecified atom stereocenters. The van der Waals surface area contributed by atoms with Gasteiger partial charge >= 0.3 is 7.44 Å². The number of aromatic nitrogens is 3. The van der Waals surface area contributed by atoms with Crippen LogP contribution in [0.2, 0.25) is 0 Å². The van der Waals surface area contributed by atoms with Crippen LogP contribution >= 0.6 is 7.44 Å². The van der Waals surface area contributed by atoms with Crippen LogP contribution in [-0.2, 0) is 4.57 Å². The molecule has 0 aliphatic carbocycles. The van der Waals surface area contributed by atoms with Crippen LogP contribution < -0.4 is 14.8 Å². The first-order valence-corrected chi connectivity index (χ1v) is 21.7. The van der Waals surface area contributed by atoms with Crippen LogP contribution in [0.3, 0.4) is 0 Å². The Kier molecular flexibility index (Phi) is 8.65. The maximum Gasteiger partial charge on any atom is 0.319 e. The van der Waals surface area contributed by atoms with Crippen LogP contribution in [-0.4, -0.2) is 14.1 Å². The molecule has 0 saturated heterocycles. The Hall–Kier alpha value is -7.66. The van der Waals surface area contributed by atoms with Crippen molar-refractivity contribution in [2.75, 3.05) is 9.34 Å². The lowest BCUT2D eigenvalue weighted by Crippen LogP contribution is -2.34. The molecule has 3 aromatic heterocycles. The molecular weight excluding hydrogens is 754 g/mol. The Bertz CT molecular complexity index is 3030. The summed E-state index contributed by atoms with van der Waals surface area (Å²) in [5, 5.41) is 4.80. The van der Waals surface area contributed by atoms with Crippen molar-refractivity contribution in [2.24, 2.45) is 0 Å². The summed E-state index contributed by atoms with van der Waals surface area (Å²) in [6.45, 7) is 0. The van der Waals surface area contributed by atoms with E-state index in [9.17, 15) is 0 Å². The number of hydrogen-bond donors (Lipinski definition) is 0. The van der Waals surface area contributed by atoms with Gasteiger partial charge < -0.3 is 9.13 Å². The van der Waals surface area contributed by atoms with Crippen LogP contribution in [0.1, 0.15) is 0 Å². The summed E-state index contributed by atoms with van der Waals surface area (Å²) in [7, 11) is -3.94. The highest BCUT2D eigenvalue weighted by Gasteiger charge is 2.43. The topological polar surface area (TPSA) is 46.3 Å². The molecule has 6 nitrogen and oxygen atoms in total. The molecule has 3 heterocycles. The average Bonchev–Trinajstić information content (AvgIpc) is 3.84. The van der Waals surface area contributed by atoms with Crippen LogP contribution in [0.5, 0.6) is 0 Å². The first-order valence-electron chi connectivity index (χ1n) is 20.1. The van der Waals surface area contributed by atoms with E-state index in [0.717, 1.165) is 56.2 Å². The van der Waals surface area contributed by atoms with E-state index in [1.807, 2.05) is 88.2 Å². The summed E-state index contributed by atoms with van der Waals surface area (Å²) in [4.78, 5) is 4.89. The summed E-state index contributed by atoms with van der Waals surface area (Å²) in [5.74, 6) is 0. The highest BCUT2D eigenvalue weighted by molar-refractivity contribution is 7.75. The SMILES string of the molecule is O=P(c1ccccn1)(N(c1ccccc1)c1ccc(-n2c3ccccc3c3ccccc32)cc1)N(c1ccccc1)c1ccc(-n2c3ccccc3c3ccccc32)cc1. The average molecular weight is 792 g/mol. The molecule has 0 aliphatic heterocycles. The van der Waals surface area contributed by atoms with Gasteiger partial charge in [0.25, 0.3) is 0 Å². The molecule has 0 radical (unpaired) electrons. The molecule has 11 rings (SSSR count). The molecular formula is C53H38N5OP. The van der Waals surface area contributed by atoms with Gasteiger partial charge in [-0.25, -0.2) is 4.98 Å². The fraction of sp³-hybridized carbons (Fsp3) is 0. The van der Waals surface area contributed by atoms with Gasteiger partial charge in [0, 0.05) is 61.9 Å². The lowest BCUT2D eigenvalue weighted by atomic mass is 10.2. The third-order valence-corrected chi connectivity index (χ3v) is 14.2. The maximum absolute atomic E-state index is 17.1. The predicted octanol–water partition coefficient (Wildman–Crippen LogP) is 13.8. The minimum absolute atomic E-state index is 0.454. The van der Waals surface area contributed by atoms with Crippen molar-refractivity contribution in [3.8, 4) is 11.4 Å². The number of pyridine rings is 1. The second-order valence-corrected chi connectivity index (χ2v) is 17.1. The van der Waals surface area contributed by atoms with Gasteiger partial charge in [-0.3, -0.25) is 13.9 Å². The third-order valence-electron chi connectivity index (χ3n) is 11.4. The smallest absolute Gasteiger partial charge is 0.309 e. The summed E-state index contributed by atoms with van der Waals surface area (Å²) in [6, 6.07) is 76.6. The first-order chi connectivity index (χ1) is 29.7. The predicted molar refractivity (Wildman–Crippen MR) is 250 cm³/mol. The van der Waals surface area contributed by atoms with E-state index in [4.69, 9.17) is 4.98 Å². The first kappa shape index (κ1) is 35.5. The Morgan fingerprint density at radius 3 is 1.00 bits per heavy atom. The summed E-state index contributed by atoms with van der Waals surface area (Å²) in [6.07, 6.45) is 1.73. The monoisotopic (exact) mass is 791 g/mol. The molecule has 0 spiro atoms. The van der Waals surface area contributed by atoms with Gasteiger partial charge in [-0.05, 0) is 109 Å². The summed E-state index contributed by atoms with van der Waals surface area (Å²) in [5.41, 5.74) is 10.1. The molecule has 11 aromatic rings. The largest absolute Gasteiger partial charge is 0.319 e. The van der Waals surface area contributed by atoms with Gasteiger partial charge in [0.1, 0.15) is 5.44 Å². The van der Waals surface area contributed by atoms with Gasteiger partial charge in [0.2, 0.25) is 0 Å². The molecule has 7 heteroatoms. The van der Waals surface area contributed by atoms with E-state index in [-0.39, 0.29) is 0 Å². The van der Waals surface area contributed by atoms with Crippen LogP contribution in [0.4, 0.5) is 22.7 Å². The molecule has 0 saturated carbocycles. The molecule has 0 aliphatic rings. The molecule has 0 fully saturated rings. The van der Waals surface area contributed by atoms with Crippen molar-refractivity contribution < 1.29 is 4.57 Å². The van der Waals surface area contributed by atoms with E-state index in [0.29, 0.717) is 5.44 Å². The maximum atomic E-state index is 17.1. The van der Waals surface area contributed by atoms with E-state index in [1.54, 1.807) is 6.20 Å². The van der Waals surface area contributed by atoms with Gasteiger partial charge in [-0.2, -0.15) is 0 Å². The zero-order valence-electron chi connectivity index (χ0n) is 32.5. The van der Waals surface area contributed by atoms with Crippen LogP contribution in [0.15, 0.2) is 231 Å². The lowest BCUT2D eigenvalue weighted by Gasteiger charge is -2.41. The molecule has 286 valence electrons. The van der Waals surface area contributed by atoms with Gasteiger partial charge in [0.05, 0.1) is 22.1 Å². The summed E-state index contributed by atoms with van der Waals surface area (Å²) >= 11 is 0. The number of anilines is 4. The highest BCUT2D eigenvalue weighted by atomic mass is 31.2. The second kappa shape index (κ2) is 14.6. The van der Waals surface area contributed by atoms with Crippen molar-refractivity contribution in [1.29, 1.82) is 0 Å². The quantitative estimate of drug-likeness (QED) is 0.137. The highest BCUT2D eigenvalue weighted by Crippen LogP contribution is 2.62. The van der Waals surface area contributed by atoms with Crippen molar-refractivity contribution in [3.63, 3.8) is 0 Å². The molecule has 60 heavy (non-hydrogen) atoms. The fourth-order valence-corrected chi connectivity index (χ4v) is 11.6. The van der Waals surface area contributed by atoms with Gasteiger partial charge in [0.15, 0.2) is 0 Å². The van der Waals surface area contributed by atoms with Crippen LogP contribution in [0, 0.1) is 0 Å². The standard InChI is InChI=1S/C53H38N5OP/c59-60(53-29-15-16-38-54-53,57(41-17-3-1-4-18-41)43-34-30-39(31-35-43)55-49-25-11-7-21-45(49)46-22-8-12-26-50(46)55)58(42-19-5-2-6-20-42)44-36-32-40(33-37-44)56-51-27-13-9-23-47(51)48-24-10-14-28-52(48)56/h1-38H.